The third-order valence-electron chi connectivity index (χ3n) is 1.67. The number of H-pyrrole nitrogens is 2. The molecular formula is C7H14N4O2. The first kappa shape index (κ1) is 9.94. The minimum Gasteiger partial charge on any atom is -0.396 e. The van der Waals surface area contributed by atoms with Gasteiger partial charge in [-0.3, -0.25) is 9.88 Å². The van der Waals surface area contributed by atoms with Crippen molar-refractivity contribution in [1.29, 1.82) is 0 Å². The van der Waals surface area contributed by atoms with E-state index in [2.05, 4.69) is 15.2 Å². The monoisotopic (exact) mass is 186 g/mol. The molecule has 0 saturated carbocycles. The lowest BCUT2D eigenvalue weighted by atomic mass is 10.4. The van der Waals surface area contributed by atoms with Crippen LogP contribution in [0.2, 0.25) is 0 Å². The molecule has 0 aliphatic rings. The second-order valence-corrected chi connectivity index (χ2v) is 2.94. The first-order chi connectivity index (χ1) is 6.22. The summed E-state index contributed by atoms with van der Waals surface area (Å²) in [6, 6.07) is 0. The Morgan fingerprint density at radius 1 is 1.62 bits per heavy atom. The highest BCUT2D eigenvalue weighted by Crippen LogP contribution is 1.93. The molecule has 13 heavy (non-hydrogen) atoms. The van der Waals surface area contributed by atoms with Crippen molar-refractivity contribution in [3.63, 3.8) is 0 Å². The van der Waals surface area contributed by atoms with Crippen LogP contribution in [0.1, 0.15) is 12.2 Å². The number of rotatable bonds is 5. The summed E-state index contributed by atoms with van der Waals surface area (Å²) in [5.74, 6) is 0.616. The SMILES string of the molecule is CN(CCCO)Cc1n[nH]c(=O)[nH]1. The molecule has 74 valence electrons. The third-order valence-corrected chi connectivity index (χ3v) is 1.67. The van der Waals surface area contributed by atoms with Crippen molar-refractivity contribution in [3.8, 4) is 0 Å². The molecule has 0 fully saturated rings. The van der Waals surface area contributed by atoms with Gasteiger partial charge in [-0.1, -0.05) is 0 Å². The predicted molar refractivity (Wildman–Crippen MR) is 47.2 cm³/mol. The molecular weight excluding hydrogens is 172 g/mol. The van der Waals surface area contributed by atoms with Crippen molar-refractivity contribution >= 4 is 0 Å². The molecule has 0 unspecified atom stereocenters. The van der Waals surface area contributed by atoms with E-state index in [1.54, 1.807) is 0 Å². The fourth-order valence-electron chi connectivity index (χ4n) is 1.06. The fraction of sp³-hybridized carbons (Fsp3) is 0.714. The van der Waals surface area contributed by atoms with Crippen LogP contribution < -0.4 is 5.69 Å². The highest BCUT2D eigenvalue weighted by atomic mass is 16.3. The number of hydrogen-bond acceptors (Lipinski definition) is 4. The van der Waals surface area contributed by atoms with Gasteiger partial charge >= 0.3 is 5.69 Å². The maximum Gasteiger partial charge on any atom is 0.340 e. The maximum absolute atomic E-state index is 10.7. The molecule has 1 rings (SSSR count). The van der Waals surface area contributed by atoms with E-state index in [9.17, 15) is 4.79 Å². The van der Waals surface area contributed by atoms with E-state index < -0.39 is 0 Å². The fourth-order valence-corrected chi connectivity index (χ4v) is 1.06. The highest BCUT2D eigenvalue weighted by molar-refractivity contribution is 4.79. The van der Waals surface area contributed by atoms with Gasteiger partial charge in [0.25, 0.3) is 0 Å². The first-order valence-corrected chi connectivity index (χ1v) is 4.15. The molecule has 1 aromatic heterocycles. The quantitative estimate of drug-likeness (QED) is 0.545. The lowest BCUT2D eigenvalue weighted by molar-refractivity contribution is 0.242. The van der Waals surface area contributed by atoms with E-state index in [0.29, 0.717) is 12.4 Å². The standard InChI is InChI=1S/C7H14N4O2/c1-11(3-2-4-12)5-6-8-7(13)10-9-6/h12H,2-5H2,1H3,(H2,8,9,10,13). The molecule has 0 saturated heterocycles. The Labute approximate surface area is 75.6 Å². The summed E-state index contributed by atoms with van der Waals surface area (Å²) in [5.41, 5.74) is -0.287. The van der Waals surface area contributed by atoms with Gasteiger partial charge < -0.3 is 5.11 Å². The van der Waals surface area contributed by atoms with Crippen LogP contribution in [0.15, 0.2) is 4.79 Å². The van der Waals surface area contributed by atoms with Crippen LogP contribution in [-0.2, 0) is 6.54 Å². The van der Waals surface area contributed by atoms with Crippen LogP contribution in [0, 0.1) is 0 Å². The number of aliphatic hydroxyl groups is 1. The van der Waals surface area contributed by atoms with Gasteiger partial charge in [-0.05, 0) is 13.5 Å². The first-order valence-electron chi connectivity index (χ1n) is 4.15. The van der Waals surface area contributed by atoms with E-state index in [0.717, 1.165) is 13.0 Å². The molecule has 1 aromatic rings. The Morgan fingerprint density at radius 2 is 2.38 bits per heavy atom. The minimum atomic E-state index is -0.287. The smallest absolute Gasteiger partial charge is 0.340 e. The Balaban J connectivity index is 2.36. The maximum atomic E-state index is 10.7. The zero-order valence-electron chi connectivity index (χ0n) is 7.58. The van der Waals surface area contributed by atoms with Gasteiger partial charge in [-0.15, -0.1) is 0 Å². The third kappa shape index (κ3) is 3.39. The molecule has 0 aliphatic carbocycles. The molecule has 0 aromatic carbocycles. The van der Waals surface area contributed by atoms with Crippen molar-refractivity contribution in [1.82, 2.24) is 20.1 Å². The second-order valence-electron chi connectivity index (χ2n) is 2.94. The van der Waals surface area contributed by atoms with Crippen LogP contribution in [0.25, 0.3) is 0 Å². The molecule has 1 heterocycles. The van der Waals surface area contributed by atoms with Crippen LogP contribution in [0.4, 0.5) is 0 Å². The number of nitrogens with one attached hydrogen (secondary N) is 2. The van der Waals surface area contributed by atoms with Gasteiger partial charge in [0.15, 0.2) is 0 Å². The van der Waals surface area contributed by atoms with E-state index in [1.807, 2.05) is 11.9 Å². The van der Waals surface area contributed by atoms with Crippen molar-refractivity contribution in [2.45, 2.75) is 13.0 Å². The van der Waals surface area contributed by atoms with Crippen LogP contribution in [-0.4, -0.2) is 45.4 Å². The molecule has 0 amide bonds. The van der Waals surface area contributed by atoms with Crippen LogP contribution >= 0.6 is 0 Å². The average molecular weight is 186 g/mol. The zero-order chi connectivity index (χ0) is 9.68. The van der Waals surface area contributed by atoms with Crippen molar-refractivity contribution in [2.75, 3.05) is 20.2 Å². The van der Waals surface area contributed by atoms with Gasteiger partial charge in [0.2, 0.25) is 0 Å². The van der Waals surface area contributed by atoms with Crippen LogP contribution in [0.3, 0.4) is 0 Å². The molecule has 0 bridgehead atoms. The summed E-state index contributed by atoms with van der Waals surface area (Å²) in [4.78, 5) is 15.2. The molecule has 6 nitrogen and oxygen atoms in total. The largest absolute Gasteiger partial charge is 0.396 e. The van der Waals surface area contributed by atoms with Crippen LogP contribution in [0.5, 0.6) is 0 Å². The lowest BCUT2D eigenvalue weighted by Gasteiger charge is -2.12. The predicted octanol–water partition coefficient (Wildman–Crippen LogP) is -1.09. The van der Waals surface area contributed by atoms with Gasteiger partial charge in [0.05, 0.1) is 6.54 Å². The zero-order valence-corrected chi connectivity index (χ0v) is 7.58. The topological polar surface area (TPSA) is 85.0 Å². The molecule has 3 N–H and O–H groups in total. The molecule has 0 atom stereocenters. The normalized spacial score (nSPS) is 11.0. The average Bonchev–Trinajstić information content (AvgIpc) is 2.48. The summed E-state index contributed by atoms with van der Waals surface area (Å²) >= 11 is 0. The Morgan fingerprint density at radius 3 is 2.92 bits per heavy atom. The number of aliphatic hydroxyl groups excluding tert-OH is 1. The van der Waals surface area contributed by atoms with Crippen molar-refractivity contribution < 1.29 is 5.11 Å². The second kappa shape index (κ2) is 4.78. The summed E-state index contributed by atoms with van der Waals surface area (Å²) in [7, 11) is 1.91. The number of aromatic nitrogens is 3. The lowest BCUT2D eigenvalue weighted by Crippen LogP contribution is -2.20. The number of aromatic amines is 2. The van der Waals surface area contributed by atoms with Gasteiger partial charge in [0, 0.05) is 13.2 Å². The Kier molecular flexibility index (Phi) is 3.66. The summed E-state index contributed by atoms with van der Waals surface area (Å²) < 4.78 is 0. The molecule has 6 heteroatoms. The van der Waals surface area contributed by atoms with E-state index in [4.69, 9.17) is 5.11 Å². The number of nitrogens with zero attached hydrogens (tertiary/aromatic N) is 2. The summed E-state index contributed by atoms with van der Waals surface area (Å²) in [6.07, 6.45) is 0.727. The van der Waals surface area contributed by atoms with E-state index >= 15 is 0 Å². The van der Waals surface area contributed by atoms with Gasteiger partial charge in [-0.25, -0.2) is 9.89 Å². The van der Waals surface area contributed by atoms with E-state index in [-0.39, 0.29) is 12.3 Å². The Hall–Kier alpha value is -1.14. The van der Waals surface area contributed by atoms with E-state index in [1.165, 1.54) is 0 Å². The summed E-state index contributed by atoms with van der Waals surface area (Å²) in [5, 5.41) is 14.6. The Bertz CT molecular complexity index is 293. The minimum absolute atomic E-state index is 0.182. The molecule has 0 aliphatic heterocycles. The molecule has 0 radical (unpaired) electrons. The highest BCUT2D eigenvalue weighted by Gasteiger charge is 2.02. The number of hydrogen-bond donors (Lipinski definition) is 3. The van der Waals surface area contributed by atoms with Crippen molar-refractivity contribution in [2.24, 2.45) is 0 Å². The van der Waals surface area contributed by atoms with Gasteiger partial charge in [-0.2, -0.15) is 5.10 Å². The van der Waals surface area contributed by atoms with Gasteiger partial charge in [0.1, 0.15) is 5.82 Å². The van der Waals surface area contributed by atoms with Crippen molar-refractivity contribution in [3.05, 3.63) is 16.3 Å². The molecule has 0 spiro atoms. The summed E-state index contributed by atoms with van der Waals surface area (Å²) in [6.45, 7) is 1.55.